The minimum absolute atomic E-state index is 0.0271. The first kappa shape index (κ1) is 41.8. The van der Waals surface area contributed by atoms with Crippen LogP contribution in [0, 0.1) is 0 Å². The van der Waals surface area contributed by atoms with Gasteiger partial charge < -0.3 is 0 Å². The van der Waals surface area contributed by atoms with Crippen molar-refractivity contribution in [3.63, 3.8) is 0 Å². The molecule has 3 nitrogen and oxygen atoms in total. The largest absolute Gasteiger partial charge is 0.208 e. The van der Waals surface area contributed by atoms with E-state index in [1.807, 2.05) is 26.0 Å². The van der Waals surface area contributed by atoms with Crippen LogP contribution in [-0.4, -0.2) is 15.0 Å². The Kier molecular flexibility index (Phi) is 10.3. The Morgan fingerprint density at radius 1 is 0.292 bits per heavy atom. The molecule has 3 heteroatoms. The number of hydrogen-bond acceptors (Lipinski definition) is 3. The zero-order valence-corrected chi connectivity index (χ0v) is 38.7. The summed E-state index contributed by atoms with van der Waals surface area (Å²) in [7, 11) is 0. The molecule has 0 radical (unpaired) electrons. The van der Waals surface area contributed by atoms with E-state index in [1.54, 1.807) is 0 Å². The third kappa shape index (κ3) is 7.11. The van der Waals surface area contributed by atoms with Gasteiger partial charge in [0.1, 0.15) is 0 Å². The van der Waals surface area contributed by atoms with Crippen molar-refractivity contribution in [1.29, 1.82) is 0 Å². The van der Waals surface area contributed by atoms with E-state index in [4.69, 9.17) is 15.0 Å². The normalized spacial score (nSPS) is 13.0. The molecule has 0 aliphatic heterocycles. The number of rotatable bonds is 5. The second-order valence-electron chi connectivity index (χ2n) is 19.3. The first-order valence-corrected chi connectivity index (χ1v) is 23.1. The van der Waals surface area contributed by atoms with E-state index < -0.39 is 5.41 Å². The van der Waals surface area contributed by atoms with Gasteiger partial charge in [-0.25, -0.2) is 15.0 Å². The lowest BCUT2D eigenvalue weighted by Gasteiger charge is -2.33. The van der Waals surface area contributed by atoms with E-state index in [-0.39, 0.29) is 10.8 Å². The summed E-state index contributed by atoms with van der Waals surface area (Å²) in [6.07, 6.45) is 0. The number of fused-ring (bicyclic) bond motifs is 10. The molecule has 2 aliphatic rings. The van der Waals surface area contributed by atoms with Crippen LogP contribution in [0.3, 0.4) is 0 Å². The van der Waals surface area contributed by atoms with E-state index >= 15 is 0 Å². The molecule has 1 aromatic heterocycles. The van der Waals surface area contributed by atoms with Crippen LogP contribution in [0.1, 0.15) is 88.8 Å². The predicted molar refractivity (Wildman–Crippen MR) is 272 cm³/mol. The first-order chi connectivity index (χ1) is 31.5. The van der Waals surface area contributed by atoms with Crippen molar-refractivity contribution in [2.45, 2.75) is 71.6 Å². The van der Waals surface area contributed by atoms with E-state index in [0.717, 1.165) is 27.8 Å². The monoisotopic (exact) mass is 841 g/mol. The highest BCUT2D eigenvalue weighted by Gasteiger charge is 2.52. The van der Waals surface area contributed by atoms with Crippen molar-refractivity contribution < 1.29 is 0 Å². The molecule has 1 heterocycles. The maximum absolute atomic E-state index is 5.32. The van der Waals surface area contributed by atoms with Crippen LogP contribution in [0.15, 0.2) is 188 Å². The molecule has 0 saturated heterocycles. The molecule has 0 unspecified atom stereocenters. The number of nitrogens with zero attached hydrogens (tertiary/aromatic N) is 3. The number of aromatic nitrogens is 3. The maximum Gasteiger partial charge on any atom is 0.164 e. The molecule has 318 valence electrons. The van der Waals surface area contributed by atoms with E-state index in [9.17, 15) is 0 Å². The fourth-order valence-corrected chi connectivity index (χ4v) is 9.90. The third-order valence-electron chi connectivity index (χ3n) is 13.3. The molecular formula is C62H55N3. The Bertz CT molecular complexity index is 3040. The summed E-state index contributed by atoms with van der Waals surface area (Å²) < 4.78 is 0. The van der Waals surface area contributed by atoms with Crippen LogP contribution in [0.4, 0.5) is 0 Å². The smallest absolute Gasteiger partial charge is 0.164 e. The minimum atomic E-state index is -0.533. The van der Waals surface area contributed by atoms with Gasteiger partial charge in [0.15, 0.2) is 17.5 Å². The van der Waals surface area contributed by atoms with Gasteiger partial charge in [0, 0.05) is 16.7 Å². The van der Waals surface area contributed by atoms with Gasteiger partial charge in [-0.1, -0.05) is 237 Å². The number of benzene rings is 8. The molecule has 0 bridgehead atoms. The molecule has 2 aliphatic carbocycles. The zero-order valence-electron chi connectivity index (χ0n) is 38.7. The molecule has 0 amide bonds. The summed E-state index contributed by atoms with van der Waals surface area (Å²) >= 11 is 0. The first-order valence-electron chi connectivity index (χ1n) is 23.1. The Morgan fingerprint density at radius 3 is 1.06 bits per heavy atom. The quantitative estimate of drug-likeness (QED) is 0.173. The van der Waals surface area contributed by atoms with Gasteiger partial charge >= 0.3 is 0 Å². The average molecular weight is 842 g/mol. The molecule has 11 rings (SSSR count). The molecular weight excluding hydrogens is 787 g/mol. The minimum Gasteiger partial charge on any atom is -0.208 e. The van der Waals surface area contributed by atoms with Crippen LogP contribution >= 0.6 is 0 Å². The van der Waals surface area contributed by atoms with E-state index in [1.165, 1.54) is 66.8 Å². The van der Waals surface area contributed by atoms with Gasteiger partial charge in [-0.3, -0.25) is 0 Å². The molecule has 8 aromatic carbocycles. The van der Waals surface area contributed by atoms with E-state index in [2.05, 4.69) is 217 Å². The standard InChI is InChI=1S/C60H49N3.C2H6/c1-58(2,3)45-30-33-49-50-34-31-46(59(4,5)6)37-54(50)60(53(49)36-45)51-20-14-13-19-47(51)48-32-29-44(35-52(48)60)57-62-55(42-25-21-40(22-26-42)38-15-9-7-10-16-38)61-56(63-57)43-27-23-41(24-28-43)39-17-11-8-12-18-39;1-2/h7-37H,1-6H3;1-2H3. The van der Waals surface area contributed by atoms with Gasteiger partial charge in [-0.05, 0) is 94.8 Å². The highest BCUT2D eigenvalue weighted by atomic mass is 15.0. The Hall–Kier alpha value is -7.23. The van der Waals surface area contributed by atoms with Gasteiger partial charge in [-0.15, -0.1) is 0 Å². The average Bonchev–Trinajstić information content (AvgIpc) is 3.81. The molecule has 0 N–H and O–H groups in total. The fourth-order valence-electron chi connectivity index (χ4n) is 9.90. The van der Waals surface area contributed by atoms with Crippen molar-refractivity contribution in [2.24, 2.45) is 0 Å². The highest BCUT2D eigenvalue weighted by molar-refractivity contribution is 5.96. The third-order valence-corrected chi connectivity index (χ3v) is 13.3. The molecule has 0 fully saturated rings. The lowest BCUT2D eigenvalue weighted by atomic mass is 9.68. The Labute approximate surface area is 385 Å². The summed E-state index contributed by atoms with van der Waals surface area (Å²) in [6.45, 7) is 17.9. The van der Waals surface area contributed by atoms with Crippen molar-refractivity contribution in [3.05, 3.63) is 221 Å². The lowest BCUT2D eigenvalue weighted by Crippen LogP contribution is -2.27. The van der Waals surface area contributed by atoms with Crippen molar-refractivity contribution in [3.8, 4) is 78.7 Å². The number of hydrogen-bond donors (Lipinski definition) is 0. The van der Waals surface area contributed by atoms with Gasteiger partial charge in [0.2, 0.25) is 0 Å². The predicted octanol–water partition coefficient (Wildman–Crippen LogP) is 16.2. The van der Waals surface area contributed by atoms with Gasteiger partial charge in [-0.2, -0.15) is 0 Å². The summed E-state index contributed by atoms with van der Waals surface area (Å²) in [4.78, 5) is 15.8. The van der Waals surface area contributed by atoms with Gasteiger partial charge in [0.05, 0.1) is 5.41 Å². The second kappa shape index (κ2) is 16.1. The Balaban J connectivity index is 0.00000246. The summed E-state index contributed by atoms with van der Waals surface area (Å²) in [5.74, 6) is 1.93. The zero-order chi connectivity index (χ0) is 45.1. The second-order valence-corrected chi connectivity index (χ2v) is 19.3. The van der Waals surface area contributed by atoms with Crippen molar-refractivity contribution in [2.75, 3.05) is 0 Å². The SMILES string of the molecule is CC.CC(C)(C)c1ccc2c(c1)C1(c3ccccc3-c3ccc(-c4nc(-c5ccc(-c6ccccc6)cc5)nc(-c5ccc(-c6ccccc6)cc5)n4)cc31)c1cc(C(C)(C)C)ccc1-2. The lowest BCUT2D eigenvalue weighted by molar-refractivity contribution is 0.586. The molecule has 1 spiro atoms. The fraction of sp³-hybridized carbons (Fsp3) is 0.177. The summed E-state index contributed by atoms with van der Waals surface area (Å²) in [5.41, 5.74) is 19.9. The highest BCUT2D eigenvalue weighted by Crippen LogP contribution is 2.63. The topological polar surface area (TPSA) is 38.7 Å². The van der Waals surface area contributed by atoms with Crippen LogP contribution in [0.2, 0.25) is 0 Å². The summed E-state index contributed by atoms with van der Waals surface area (Å²) in [5, 5.41) is 0. The van der Waals surface area contributed by atoms with Crippen molar-refractivity contribution in [1.82, 2.24) is 15.0 Å². The van der Waals surface area contributed by atoms with Crippen LogP contribution in [0.5, 0.6) is 0 Å². The molecule has 9 aromatic rings. The van der Waals surface area contributed by atoms with Gasteiger partial charge in [0.25, 0.3) is 0 Å². The summed E-state index contributed by atoms with van der Waals surface area (Å²) in [6, 6.07) is 68.5. The maximum atomic E-state index is 5.32. The van der Waals surface area contributed by atoms with Crippen LogP contribution in [-0.2, 0) is 16.2 Å². The molecule has 0 saturated carbocycles. The Morgan fingerprint density at radius 2 is 0.615 bits per heavy atom. The van der Waals surface area contributed by atoms with Crippen LogP contribution in [0.25, 0.3) is 78.7 Å². The van der Waals surface area contributed by atoms with Crippen LogP contribution < -0.4 is 0 Å². The van der Waals surface area contributed by atoms with Crippen molar-refractivity contribution >= 4 is 0 Å². The van der Waals surface area contributed by atoms with E-state index in [0.29, 0.717) is 17.5 Å². The molecule has 0 atom stereocenters. The molecule has 65 heavy (non-hydrogen) atoms.